The van der Waals surface area contributed by atoms with Crippen LogP contribution in [-0.2, 0) is 16.1 Å². The highest BCUT2D eigenvalue weighted by Gasteiger charge is 2.20. The Labute approximate surface area is 162 Å². The summed E-state index contributed by atoms with van der Waals surface area (Å²) in [6.07, 6.45) is 1.04. The summed E-state index contributed by atoms with van der Waals surface area (Å²) in [7, 11) is 0. The number of thioether (sulfide) groups is 1. The molecule has 3 N–H and O–H groups in total. The number of nitrogens with one attached hydrogen (secondary N) is 1. The Hall–Kier alpha value is -2.67. The first-order chi connectivity index (χ1) is 13.0. The normalized spacial score (nSPS) is 11.6. The predicted molar refractivity (Wildman–Crippen MR) is 104 cm³/mol. The second kappa shape index (κ2) is 11.1. The lowest BCUT2D eigenvalue weighted by Gasteiger charge is -2.14. The van der Waals surface area contributed by atoms with Crippen molar-refractivity contribution in [2.24, 2.45) is 0 Å². The molecule has 2 aromatic rings. The number of hydrogen-bond donors (Lipinski definition) is 3. The number of carbonyl (C=O) groups excluding carboxylic acids is 1. The van der Waals surface area contributed by atoms with Crippen molar-refractivity contribution in [1.29, 1.82) is 0 Å². The number of amides is 1. The number of unbranched alkanes of at least 4 members (excludes halogenated alkanes) is 1. The molecule has 1 atom stereocenters. The quantitative estimate of drug-likeness (QED) is 0.419. The molecule has 0 fully saturated rings. The fraction of sp³-hybridized carbons (Fsp3) is 0.300. The van der Waals surface area contributed by atoms with E-state index in [1.165, 1.54) is 0 Å². The number of carbonyl (C=O) groups is 2. The lowest BCUT2D eigenvalue weighted by molar-refractivity contribution is -0.139. The van der Waals surface area contributed by atoms with Gasteiger partial charge in [0.25, 0.3) is 0 Å². The van der Waals surface area contributed by atoms with E-state index in [0.29, 0.717) is 12.8 Å². The molecular weight excluding hydrogens is 366 g/mol. The number of aliphatic carboxylic acids is 1. The van der Waals surface area contributed by atoms with Gasteiger partial charge in [0.1, 0.15) is 18.4 Å². The van der Waals surface area contributed by atoms with Gasteiger partial charge in [-0.05, 0) is 48.8 Å². The number of aromatic hydroxyl groups is 1. The first kappa shape index (κ1) is 20.6. The predicted octanol–water partition coefficient (Wildman–Crippen LogP) is 4.03. The number of ether oxygens (including phenoxy) is 1. The fourth-order valence-corrected chi connectivity index (χ4v) is 3.34. The van der Waals surface area contributed by atoms with Crippen molar-refractivity contribution >= 4 is 23.8 Å². The second-order valence-corrected chi connectivity index (χ2v) is 7.11. The van der Waals surface area contributed by atoms with Crippen LogP contribution in [0.1, 0.15) is 24.8 Å². The molecule has 0 saturated carbocycles. The van der Waals surface area contributed by atoms with Crippen LogP contribution in [0.25, 0.3) is 0 Å². The van der Waals surface area contributed by atoms with Crippen LogP contribution in [0.2, 0.25) is 0 Å². The fourth-order valence-electron chi connectivity index (χ4n) is 2.38. The molecular formula is C20H23NO5S. The second-order valence-electron chi connectivity index (χ2n) is 5.94. The third-order valence-corrected chi connectivity index (χ3v) is 4.86. The molecule has 0 spiro atoms. The van der Waals surface area contributed by atoms with Gasteiger partial charge in [0.15, 0.2) is 0 Å². The van der Waals surface area contributed by atoms with Gasteiger partial charge in [0.2, 0.25) is 0 Å². The summed E-state index contributed by atoms with van der Waals surface area (Å²) in [5.41, 5.74) is 0.837. The van der Waals surface area contributed by atoms with Gasteiger partial charge in [-0.2, -0.15) is 0 Å². The number of rotatable bonds is 10. The van der Waals surface area contributed by atoms with E-state index in [2.05, 4.69) is 5.32 Å². The average Bonchev–Trinajstić information content (AvgIpc) is 2.66. The topological polar surface area (TPSA) is 95.9 Å². The maximum atomic E-state index is 11.8. The van der Waals surface area contributed by atoms with Crippen LogP contribution in [0.3, 0.4) is 0 Å². The van der Waals surface area contributed by atoms with Gasteiger partial charge in [-0.15, -0.1) is 11.8 Å². The first-order valence-corrected chi connectivity index (χ1v) is 9.65. The van der Waals surface area contributed by atoms with Crippen molar-refractivity contribution in [2.75, 3.05) is 5.75 Å². The number of phenolic OH excluding ortho intramolecular Hbond substituents is 1. The Kier molecular flexibility index (Phi) is 8.51. The molecule has 7 heteroatoms. The Bertz CT molecular complexity index is 738. The first-order valence-electron chi connectivity index (χ1n) is 8.66. The molecule has 1 unspecified atom stereocenters. The van der Waals surface area contributed by atoms with Crippen molar-refractivity contribution in [3.8, 4) is 5.75 Å². The summed E-state index contributed by atoms with van der Waals surface area (Å²) < 4.78 is 5.06. The summed E-state index contributed by atoms with van der Waals surface area (Å²) in [6.45, 7) is 0.0968. The van der Waals surface area contributed by atoms with Gasteiger partial charge in [-0.3, -0.25) is 0 Å². The van der Waals surface area contributed by atoms with E-state index in [0.717, 1.165) is 22.6 Å². The molecule has 0 aliphatic heterocycles. The smallest absolute Gasteiger partial charge is 0.408 e. The number of hydrogen-bond acceptors (Lipinski definition) is 5. The van der Waals surface area contributed by atoms with E-state index in [1.54, 1.807) is 30.0 Å². The molecule has 0 aromatic heterocycles. The summed E-state index contributed by atoms with van der Waals surface area (Å²) in [6, 6.07) is 15.2. The van der Waals surface area contributed by atoms with Crippen LogP contribution < -0.4 is 5.32 Å². The van der Waals surface area contributed by atoms with Crippen molar-refractivity contribution < 1.29 is 24.5 Å². The minimum atomic E-state index is -1.08. The monoisotopic (exact) mass is 389 g/mol. The van der Waals surface area contributed by atoms with E-state index < -0.39 is 18.1 Å². The van der Waals surface area contributed by atoms with Crippen LogP contribution in [0.5, 0.6) is 5.75 Å². The minimum absolute atomic E-state index is 0.0968. The summed E-state index contributed by atoms with van der Waals surface area (Å²) in [5, 5.41) is 21.1. The number of alkyl carbamates (subject to hydrolysis) is 1. The Morgan fingerprint density at radius 1 is 1.07 bits per heavy atom. The lowest BCUT2D eigenvalue weighted by Crippen LogP contribution is -2.41. The van der Waals surface area contributed by atoms with Crippen LogP contribution in [-0.4, -0.2) is 34.1 Å². The highest BCUT2D eigenvalue weighted by atomic mass is 32.2. The summed E-state index contributed by atoms with van der Waals surface area (Å²) in [4.78, 5) is 24.1. The van der Waals surface area contributed by atoms with Gasteiger partial charge in [0.05, 0.1) is 0 Å². The zero-order valence-corrected chi connectivity index (χ0v) is 15.7. The van der Waals surface area contributed by atoms with Crippen LogP contribution in [0.4, 0.5) is 4.79 Å². The molecule has 2 rings (SSSR count). The van der Waals surface area contributed by atoms with Crippen molar-refractivity contribution in [2.45, 2.75) is 36.8 Å². The summed E-state index contributed by atoms with van der Waals surface area (Å²) in [5.74, 6) is -0.0507. The number of benzene rings is 2. The zero-order valence-electron chi connectivity index (χ0n) is 14.8. The van der Waals surface area contributed by atoms with Crippen LogP contribution >= 0.6 is 11.8 Å². The van der Waals surface area contributed by atoms with Gasteiger partial charge in [0, 0.05) is 4.90 Å². The number of phenols is 1. The van der Waals surface area contributed by atoms with Gasteiger partial charge < -0.3 is 20.3 Å². The standard InChI is InChI=1S/C20H23NO5S/c22-16-9-6-10-17(13-16)27-12-5-4-11-18(19(23)24)21-20(25)26-14-15-7-2-1-3-8-15/h1-3,6-10,13,18,22H,4-5,11-12,14H2,(H,21,25)(H,23,24). The average molecular weight is 389 g/mol. The van der Waals surface area contributed by atoms with Crippen molar-refractivity contribution in [3.63, 3.8) is 0 Å². The Morgan fingerprint density at radius 3 is 2.56 bits per heavy atom. The molecule has 0 radical (unpaired) electrons. The molecule has 144 valence electrons. The molecule has 0 aliphatic carbocycles. The SMILES string of the molecule is O=C(NC(CCCCSc1cccc(O)c1)C(=O)O)OCc1ccccc1. The molecule has 0 aliphatic rings. The summed E-state index contributed by atoms with van der Waals surface area (Å²) >= 11 is 1.59. The maximum Gasteiger partial charge on any atom is 0.408 e. The number of carboxylic acids is 1. The minimum Gasteiger partial charge on any atom is -0.508 e. The van der Waals surface area contributed by atoms with Crippen molar-refractivity contribution in [3.05, 3.63) is 60.2 Å². The van der Waals surface area contributed by atoms with Gasteiger partial charge in [-0.1, -0.05) is 36.4 Å². The third-order valence-electron chi connectivity index (χ3n) is 3.78. The molecule has 0 heterocycles. The Morgan fingerprint density at radius 2 is 1.85 bits per heavy atom. The highest BCUT2D eigenvalue weighted by molar-refractivity contribution is 7.99. The molecule has 0 saturated heterocycles. The van der Waals surface area contributed by atoms with Crippen LogP contribution in [0.15, 0.2) is 59.5 Å². The molecule has 0 bridgehead atoms. The van der Waals surface area contributed by atoms with E-state index in [9.17, 15) is 19.8 Å². The lowest BCUT2D eigenvalue weighted by atomic mass is 10.1. The zero-order chi connectivity index (χ0) is 19.5. The van der Waals surface area contributed by atoms with Gasteiger partial charge >= 0.3 is 12.1 Å². The van der Waals surface area contributed by atoms with E-state index >= 15 is 0 Å². The maximum absolute atomic E-state index is 11.8. The molecule has 27 heavy (non-hydrogen) atoms. The van der Waals surface area contributed by atoms with Gasteiger partial charge in [-0.25, -0.2) is 9.59 Å². The number of carboxylic acid groups (broad SMARTS) is 1. The molecule has 1 amide bonds. The molecule has 2 aromatic carbocycles. The highest BCUT2D eigenvalue weighted by Crippen LogP contribution is 2.23. The van der Waals surface area contributed by atoms with Crippen LogP contribution in [0, 0.1) is 0 Å². The third kappa shape index (κ3) is 8.04. The largest absolute Gasteiger partial charge is 0.508 e. The Balaban J connectivity index is 1.67. The van der Waals surface area contributed by atoms with E-state index in [4.69, 9.17) is 4.74 Å². The molecule has 6 nitrogen and oxygen atoms in total. The van der Waals surface area contributed by atoms with E-state index in [1.807, 2.05) is 36.4 Å². The van der Waals surface area contributed by atoms with Crippen molar-refractivity contribution in [1.82, 2.24) is 5.32 Å². The van der Waals surface area contributed by atoms with E-state index in [-0.39, 0.29) is 12.4 Å².